The van der Waals surface area contributed by atoms with Crippen molar-refractivity contribution in [3.8, 4) is 0 Å². The molecule has 0 aromatic heterocycles. The fourth-order valence-corrected chi connectivity index (χ4v) is 2.26. The summed E-state index contributed by atoms with van der Waals surface area (Å²) < 4.78 is 0. The zero-order chi connectivity index (χ0) is 13.7. The Kier molecular flexibility index (Phi) is 4.62. The van der Waals surface area contributed by atoms with E-state index in [-0.39, 0.29) is 0 Å². The average molecular weight is 253 g/mol. The molecule has 0 bridgehead atoms. The SMILES string of the molecule is CCc1ccc(C(C)Nc2cccc(CC)c2)cc1. The van der Waals surface area contributed by atoms with Crippen LogP contribution in [0.3, 0.4) is 0 Å². The van der Waals surface area contributed by atoms with Crippen molar-refractivity contribution >= 4 is 5.69 Å². The molecule has 100 valence electrons. The van der Waals surface area contributed by atoms with Crippen LogP contribution >= 0.6 is 0 Å². The first kappa shape index (κ1) is 13.7. The van der Waals surface area contributed by atoms with Gasteiger partial charge in [0.15, 0.2) is 0 Å². The topological polar surface area (TPSA) is 12.0 Å². The van der Waals surface area contributed by atoms with Crippen LogP contribution in [-0.4, -0.2) is 0 Å². The predicted octanol–water partition coefficient (Wildman–Crippen LogP) is 4.98. The van der Waals surface area contributed by atoms with Crippen molar-refractivity contribution in [2.24, 2.45) is 0 Å². The van der Waals surface area contributed by atoms with Crippen molar-refractivity contribution in [1.29, 1.82) is 0 Å². The molecule has 2 aromatic rings. The van der Waals surface area contributed by atoms with Crippen LogP contribution in [0.5, 0.6) is 0 Å². The largest absolute Gasteiger partial charge is 0.379 e. The Balaban J connectivity index is 2.08. The molecule has 1 atom stereocenters. The highest BCUT2D eigenvalue weighted by molar-refractivity contribution is 5.47. The molecule has 0 aliphatic rings. The summed E-state index contributed by atoms with van der Waals surface area (Å²) in [6, 6.07) is 17.9. The van der Waals surface area contributed by atoms with Gasteiger partial charge in [-0.3, -0.25) is 0 Å². The molecule has 1 unspecified atom stereocenters. The lowest BCUT2D eigenvalue weighted by Gasteiger charge is -2.16. The van der Waals surface area contributed by atoms with Gasteiger partial charge in [0.1, 0.15) is 0 Å². The van der Waals surface area contributed by atoms with Crippen molar-refractivity contribution in [3.05, 3.63) is 65.2 Å². The summed E-state index contributed by atoms with van der Waals surface area (Å²) in [5.74, 6) is 0. The number of rotatable bonds is 5. The molecule has 1 N–H and O–H groups in total. The second kappa shape index (κ2) is 6.42. The fraction of sp³-hybridized carbons (Fsp3) is 0.333. The van der Waals surface area contributed by atoms with E-state index >= 15 is 0 Å². The van der Waals surface area contributed by atoms with Crippen molar-refractivity contribution in [2.75, 3.05) is 5.32 Å². The van der Waals surface area contributed by atoms with E-state index in [1.165, 1.54) is 22.4 Å². The van der Waals surface area contributed by atoms with Gasteiger partial charge < -0.3 is 5.32 Å². The van der Waals surface area contributed by atoms with Gasteiger partial charge in [-0.15, -0.1) is 0 Å². The molecule has 0 amide bonds. The third-order valence-electron chi connectivity index (χ3n) is 3.61. The van der Waals surface area contributed by atoms with Crippen LogP contribution in [0.25, 0.3) is 0 Å². The maximum atomic E-state index is 3.57. The van der Waals surface area contributed by atoms with Crippen LogP contribution in [0.1, 0.15) is 43.5 Å². The lowest BCUT2D eigenvalue weighted by atomic mass is 10.0. The average Bonchev–Trinajstić information content (AvgIpc) is 2.47. The van der Waals surface area contributed by atoms with E-state index in [1.54, 1.807) is 0 Å². The van der Waals surface area contributed by atoms with E-state index in [1.807, 2.05) is 0 Å². The summed E-state index contributed by atoms with van der Waals surface area (Å²) >= 11 is 0. The van der Waals surface area contributed by atoms with Gasteiger partial charge in [0, 0.05) is 11.7 Å². The third-order valence-corrected chi connectivity index (χ3v) is 3.61. The minimum atomic E-state index is 0.331. The summed E-state index contributed by atoms with van der Waals surface area (Å²) in [7, 11) is 0. The number of hydrogen-bond donors (Lipinski definition) is 1. The van der Waals surface area contributed by atoms with E-state index < -0.39 is 0 Å². The molecule has 0 saturated heterocycles. The zero-order valence-corrected chi connectivity index (χ0v) is 12.1. The van der Waals surface area contributed by atoms with Crippen LogP contribution in [0.4, 0.5) is 5.69 Å². The number of hydrogen-bond acceptors (Lipinski definition) is 1. The van der Waals surface area contributed by atoms with E-state index in [0.29, 0.717) is 6.04 Å². The molecular formula is C18H23N. The first-order valence-corrected chi connectivity index (χ1v) is 7.17. The van der Waals surface area contributed by atoms with E-state index in [9.17, 15) is 0 Å². The van der Waals surface area contributed by atoms with E-state index in [0.717, 1.165) is 12.8 Å². The molecule has 0 aliphatic carbocycles. The quantitative estimate of drug-likeness (QED) is 0.792. The first-order chi connectivity index (χ1) is 9.22. The Morgan fingerprint density at radius 1 is 0.895 bits per heavy atom. The smallest absolute Gasteiger partial charge is 0.0485 e. The Bertz CT molecular complexity index is 513. The van der Waals surface area contributed by atoms with Crippen molar-refractivity contribution < 1.29 is 0 Å². The maximum absolute atomic E-state index is 3.57. The number of nitrogens with one attached hydrogen (secondary N) is 1. The molecule has 0 saturated carbocycles. The van der Waals surface area contributed by atoms with Gasteiger partial charge in [0.2, 0.25) is 0 Å². The molecular weight excluding hydrogens is 230 g/mol. The predicted molar refractivity (Wildman–Crippen MR) is 83.7 cm³/mol. The van der Waals surface area contributed by atoms with Crippen LogP contribution in [0.2, 0.25) is 0 Å². The summed E-state index contributed by atoms with van der Waals surface area (Å²) in [6.07, 6.45) is 2.18. The second-order valence-corrected chi connectivity index (χ2v) is 5.02. The fourth-order valence-electron chi connectivity index (χ4n) is 2.26. The second-order valence-electron chi connectivity index (χ2n) is 5.02. The molecule has 1 heteroatoms. The zero-order valence-electron chi connectivity index (χ0n) is 12.1. The molecule has 1 nitrogen and oxygen atoms in total. The van der Waals surface area contributed by atoms with E-state index in [4.69, 9.17) is 0 Å². The molecule has 0 aliphatic heterocycles. The molecule has 2 rings (SSSR count). The minimum absolute atomic E-state index is 0.331. The van der Waals surface area contributed by atoms with Gasteiger partial charge >= 0.3 is 0 Å². The highest BCUT2D eigenvalue weighted by atomic mass is 14.9. The van der Waals surface area contributed by atoms with E-state index in [2.05, 4.69) is 74.6 Å². The Morgan fingerprint density at radius 2 is 1.58 bits per heavy atom. The van der Waals surface area contributed by atoms with Gasteiger partial charge in [0.25, 0.3) is 0 Å². The van der Waals surface area contributed by atoms with Crippen molar-refractivity contribution in [1.82, 2.24) is 0 Å². The number of aryl methyl sites for hydroxylation is 2. The summed E-state index contributed by atoms with van der Waals surface area (Å²) in [6.45, 7) is 6.58. The Labute approximate surface area is 116 Å². The molecule has 19 heavy (non-hydrogen) atoms. The highest BCUT2D eigenvalue weighted by Crippen LogP contribution is 2.20. The lowest BCUT2D eigenvalue weighted by molar-refractivity contribution is 0.882. The molecule has 0 heterocycles. The van der Waals surface area contributed by atoms with Gasteiger partial charge in [-0.05, 0) is 48.6 Å². The number of anilines is 1. The molecule has 0 spiro atoms. The van der Waals surface area contributed by atoms with Crippen LogP contribution in [0, 0.1) is 0 Å². The summed E-state index contributed by atoms with van der Waals surface area (Å²) in [4.78, 5) is 0. The van der Waals surface area contributed by atoms with Crippen LogP contribution in [0.15, 0.2) is 48.5 Å². The molecule has 2 aromatic carbocycles. The third kappa shape index (κ3) is 3.60. The standard InChI is InChI=1S/C18H23N/c1-4-15-9-11-17(12-10-15)14(3)19-18-8-6-7-16(5-2)13-18/h6-14,19H,4-5H2,1-3H3. The van der Waals surface area contributed by atoms with Crippen molar-refractivity contribution in [3.63, 3.8) is 0 Å². The monoisotopic (exact) mass is 253 g/mol. The van der Waals surface area contributed by atoms with Gasteiger partial charge in [-0.2, -0.15) is 0 Å². The summed E-state index contributed by atoms with van der Waals surface area (Å²) in [5.41, 5.74) is 5.30. The minimum Gasteiger partial charge on any atom is -0.379 e. The highest BCUT2D eigenvalue weighted by Gasteiger charge is 2.05. The Morgan fingerprint density at radius 3 is 2.21 bits per heavy atom. The molecule has 0 fully saturated rings. The molecule has 0 radical (unpaired) electrons. The Hall–Kier alpha value is -1.76. The first-order valence-electron chi connectivity index (χ1n) is 7.17. The van der Waals surface area contributed by atoms with Crippen LogP contribution < -0.4 is 5.32 Å². The lowest BCUT2D eigenvalue weighted by Crippen LogP contribution is -2.06. The van der Waals surface area contributed by atoms with Gasteiger partial charge in [-0.1, -0.05) is 50.2 Å². The van der Waals surface area contributed by atoms with Gasteiger partial charge in [0.05, 0.1) is 0 Å². The van der Waals surface area contributed by atoms with Crippen LogP contribution in [-0.2, 0) is 12.8 Å². The normalized spacial score (nSPS) is 12.2. The summed E-state index contributed by atoms with van der Waals surface area (Å²) in [5, 5.41) is 3.57. The number of benzene rings is 2. The van der Waals surface area contributed by atoms with Crippen molar-refractivity contribution in [2.45, 2.75) is 39.7 Å². The maximum Gasteiger partial charge on any atom is 0.0485 e. The van der Waals surface area contributed by atoms with Gasteiger partial charge in [-0.25, -0.2) is 0 Å².